The van der Waals surface area contributed by atoms with E-state index in [4.69, 9.17) is 4.74 Å². The van der Waals surface area contributed by atoms with Gasteiger partial charge in [0.05, 0.1) is 23.9 Å². The first-order valence-electron chi connectivity index (χ1n) is 8.48. The molecule has 2 aromatic heterocycles. The van der Waals surface area contributed by atoms with Crippen LogP contribution < -0.4 is 4.74 Å². The summed E-state index contributed by atoms with van der Waals surface area (Å²) >= 11 is 1.39. The number of hydrogen-bond acceptors (Lipinski definition) is 6. The van der Waals surface area contributed by atoms with E-state index in [9.17, 15) is 9.90 Å². The molecule has 2 aliphatic heterocycles. The average molecular weight is 359 g/mol. The van der Waals surface area contributed by atoms with Gasteiger partial charge in [0.1, 0.15) is 4.88 Å². The third kappa shape index (κ3) is 2.62. The van der Waals surface area contributed by atoms with Gasteiger partial charge in [0.15, 0.2) is 0 Å². The van der Waals surface area contributed by atoms with Gasteiger partial charge in [-0.1, -0.05) is 0 Å². The summed E-state index contributed by atoms with van der Waals surface area (Å²) in [5, 5.41) is 11.4. The van der Waals surface area contributed by atoms with Gasteiger partial charge in [-0.25, -0.2) is 9.97 Å². The van der Waals surface area contributed by atoms with Crippen LogP contribution in [0.2, 0.25) is 0 Å². The van der Waals surface area contributed by atoms with Crippen LogP contribution in [0, 0.1) is 6.92 Å². The summed E-state index contributed by atoms with van der Waals surface area (Å²) in [7, 11) is 1.56. The number of carbonyl (C=O) groups excluding carboxylic acids is 1. The van der Waals surface area contributed by atoms with E-state index in [0.29, 0.717) is 23.6 Å². The highest BCUT2D eigenvalue weighted by Crippen LogP contribution is 2.48. The van der Waals surface area contributed by atoms with Gasteiger partial charge >= 0.3 is 0 Å². The Kier molecular flexibility index (Phi) is 4.00. The Labute approximate surface area is 150 Å². The maximum absolute atomic E-state index is 13.0. The molecule has 2 saturated heterocycles. The molecule has 3 atom stereocenters. The van der Waals surface area contributed by atoms with Crippen LogP contribution in [0.15, 0.2) is 23.8 Å². The van der Waals surface area contributed by atoms with Crippen LogP contribution in [0.4, 0.5) is 0 Å². The molecule has 0 aliphatic carbocycles. The van der Waals surface area contributed by atoms with Gasteiger partial charge in [-0.05, 0) is 31.9 Å². The summed E-state index contributed by atoms with van der Waals surface area (Å²) in [5.41, 5.74) is 2.20. The van der Waals surface area contributed by atoms with E-state index in [1.807, 2.05) is 24.0 Å². The number of methoxy groups -OCH3 is 1. The van der Waals surface area contributed by atoms with Crippen molar-refractivity contribution in [3.05, 3.63) is 40.0 Å². The first-order valence-corrected chi connectivity index (χ1v) is 9.36. The summed E-state index contributed by atoms with van der Waals surface area (Å²) in [6, 6.07) is 3.75. The Morgan fingerprint density at radius 2 is 2.08 bits per heavy atom. The topological polar surface area (TPSA) is 75.6 Å². The molecule has 2 fully saturated rings. The Balaban J connectivity index is 1.64. The molecule has 1 unspecified atom stereocenters. The molecule has 7 heteroatoms. The minimum atomic E-state index is -1.01. The zero-order chi connectivity index (χ0) is 17.6. The molecule has 1 amide bonds. The number of aromatic nitrogens is 2. The lowest BCUT2D eigenvalue weighted by Gasteiger charge is -2.44. The fourth-order valence-electron chi connectivity index (χ4n) is 4.31. The van der Waals surface area contributed by atoms with Crippen LogP contribution in [0.25, 0.3) is 0 Å². The van der Waals surface area contributed by atoms with E-state index >= 15 is 0 Å². The summed E-state index contributed by atoms with van der Waals surface area (Å²) in [5.74, 6) is 0.509. The standard InChI is InChI=1S/C18H21N3O3S/c1-11-15(25-10-20-11)17(22)21-12-5-6-13(21)9-18(23,8-12)14-4-3-7-19-16(14)24-2/h3-4,7,10,12-13,23H,5-6,8-9H2,1-2H3/t12-,13+,18?. The highest BCUT2D eigenvalue weighted by Gasteiger charge is 2.51. The van der Waals surface area contributed by atoms with Gasteiger partial charge in [-0.3, -0.25) is 4.79 Å². The number of hydrogen-bond donors (Lipinski definition) is 1. The van der Waals surface area contributed by atoms with Crippen molar-refractivity contribution >= 4 is 17.2 Å². The molecule has 1 N–H and O–H groups in total. The zero-order valence-electron chi connectivity index (χ0n) is 14.3. The molecule has 2 aromatic rings. The monoisotopic (exact) mass is 359 g/mol. The maximum atomic E-state index is 13.0. The second-order valence-electron chi connectivity index (χ2n) is 6.86. The number of amides is 1. The lowest BCUT2D eigenvalue weighted by atomic mass is 9.80. The van der Waals surface area contributed by atoms with E-state index in [0.717, 1.165) is 24.1 Å². The maximum Gasteiger partial charge on any atom is 0.266 e. The number of piperidine rings is 1. The highest BCUT2D eigenvalue weighted by molar-refractivity contribution is 7.11. The molecule has 132 valence electrons. The van der Waals surface area contributed by atoms with Gasteiger partial charge in [0.2, 0.25) is 5.88 Å². The lowest BCUT2D eigenvalue weighted by molar-refractivity contribution is -0.0493. The Hall–Kier alpha value is -1.99. The first-order chi connectivity index (χ1) is 12.0. The van der Waals surface area contributed by atoms with Crippen molar-refractivity contribution in [3.8, 4) is 5.88 Å². The third-order valence-electron chi connectivity index (χ3n) is 5.41. The number of rotatable bonds is 3. The van der Waals surface area contributed by atoms with Crippen LogP contribution in [0.3, 0.4) is 0 Å². The van der Waals surface area contributed by atoms with Gasteiger partial charge in [0, 0.05) is 36.7 Å². The van der Waals surface area contributed by atoms with Crippen LogP contribution >= 0.6 is 11.3 Å². The molecule has 4 rings (SSSR count). The number of aliphatic hydroxyl groups is 1. The zero-order valence-corrected chi connectivity index (χ0v) is 15.1. The van der Waals surface area contributed by atoms with Crippen LogP contribution in [0.5, 0.6) is 5.88 Å². The summed E-state index contributed by atoms with van der Waals surface area (Å²) < 4.78 is 5.35. The van der Waals surface area contributed by atoms with Gasteiger partial charge in [-0.2, -0.15) is 0 Å². The number of carbonyl (C=O) groups is 1. The fraction of sp³-hybridized carbons (Fsp3) is 0.500. The predicted octanol–water partition coefficient (Wildman–Crippen LogP) is 2.51. The molecule has 0 saturated carbocycles. The number of pyridine rings is 1. The Morgan fingerprint density at radius 1 is 1.36 bits per heavy atom. The third-order valence-corrected chi connectivity index (χ3v) is 6.32. The van der Waals surface area contributed by atoms with Crippen molar-refractivity contribution in [2.45, 2.75) is 50.3 Å². The molecule has 4 heterocycles. The molecule has 2 aliphatic rings. The van der Waals surface area contributed by atoms with Crippen molar-refractivity contribution in [1.82, 2.24) is 14.9 Å². The minimum Gasteiger partial charge on any atom is -0.481 e. The highest BCUT2D eigenvalue weighted by atomic mass is 32.1. The minimum absolute atomic E-state index is 0.0302. The number of ether oxygens (including phenoxy) is 1. The van der Waals surface area contributed by atoms with Gasteiger partial charge < -0.3 is 14.7 Å². The predicted molar refractivity (Wildman–Crippen MR) is 93.8 cm³/mol. The summed E-state index contributed by atoms with van der Waals surface area (Å²) in [6.45, 7) is 1.87. The number of aryl methyl sites for hydroxylation is 1. The van der Waals surface area contributed by atoms with Crippen molar-refractivity contribution in [1.29, 1.82) is 0 Å². The molecule has 2 bridgehead atoms. The summed E-state index contributed by atoms with van der Waals surface area (Å²) in [4.78, 5) is 24.1. The molecular formula is C18H21N3O3S. The smallest absolute Gasteiger partial charge is 0.266 e. The van der Waals surface area contributed by atoms with Gasteiger partial charge in [-0.15, -0.1) is 11.3 Å². The van der Waals surface area contributed by atoms with Crippen molar-refractivity contribution in [3.63, 3.8) is 0 Å². The van der Waals surface area contributed by atoms with E-state index in [2.05, 4.69) is 9.97 Å². The Morgan fingerprint density at radius 3 is 2.68 bits per heavy atom. The fourth-order valence-corrected chi connectivity index (χ4v) is 5.05. The van der Waals surface area contributed by atoms with E-state index in [-0.39, 0.29) is 18.0 Å². The number of fused-ring (bicyclic) bond motifs is 2. The second kappa shape index (κ2) is 6.07. The molecule has 0 spiro atoms. The Bertz CT molecular complexity index is 792. The normalized spacial score (nSPS) is 28.2. The molecule has 6 nitrogen and oxygen atoms in total. The second-order valence-corrected chi connectivity index (χ2v) is 7.72. The van der Waals surface area contributed by atoms with Crippen molar-refractivity contribution in [2.24, 2.45) is 0 Å². The van der Waals surface area contributed by atoms with E-state index < -0.39 is 5.60 Å². The van der Waals surface area contributed by atoms with Gasteiger partial charge in [0.25, 0.3) is 5.91 Å². The van der Waals surface area contributed by atoms with E-state index in [1.165, 1.54) is 11.3 Å². The SMILES string of the molecule is COc1ncccc1C1(O)C[C@H]2CC[C@@H](C1)N2C(=O)c1scnc1C. The molecular weight excluding hydrogens is 338 g/mol. The lowest BCUT2D eigenvalue weighted by Crippen LogP contribution is -2.52. The van der Waals surface area contributed by atoms with Crippen LogP contribution in [-0.2, 0) is 5.60 Å². The largest absolute Gasteiger partial charge is 0.481 e. The molecule has 0 aromatic carbocycles. The number of nitrogens with zero attached hydrogens (tertiary/aromatic N) is 3. The van der Waals surface area contributed by atoms with Crippen LogP contribution in [0.1, 0.15) is 46.6 Å². The molecule has 25 heavy (non-hydrogen) atoms. The number of thiazole rings is 1. The van der Waals surface area contributed by atoms with E-state index in [1.54, 1.807) is 18.8 Å². The van der Waals surface area contributed by atoms with Crippen molar-refractivity contribution < 1.29 is 14.6 Å². The quantitative estimate of drug-likeness (QED) is 0.911. The van der Waals surface area contributed by atoms with Crippen molar-refractivity contribution in [2.75, 3.05) is 7.11 Å². The molecule has 0 radical (unpaired) electrons. The summed E-state index contributed by atoms with van der Waals surface area (Å²) in [6.07, 6.45) is 4.51. The first kappa shape index (κ1) is 16.5. The average Bonchev–Trinajstić information content (AvgIpc) is 3.16. The van der Waals surface area contributed by atoms with Crippen LogP contribution in [-0.4, -0.2) is 45.1 Å².